The molecule has 0 N–H and O–H groups in total. The molecule has 0 fully saturated rings. The van der Waals surface area contributed by atoms with Gasteiger partial charge in [-0.1, -0.05) is 24.3 Å². The van der Waals surface area contributed by atoms with Crippen LogP contribution in [0.2, 0.25) is 0 Å². The summed E-state index contributed by atoms with van der Waals surface area (Å²) in [6.07, 6.45) is 1.94. The standard InChI is InChI=1S/C11H8F2N2O/c12-11(13)15-6-5-10(14-15)9-3-1-8(7-16)2-4-9/h1-7,11H. The van der Waals surface area contributed by atoms with E-state index in [1.54, 1.807) is 24.3 Å². The van der Waals surface area contributed by atoms with Crippen molar-refractivity contribution in [3.63, 3.8) is 0 Å². The van der Waals surface area contributed by atoms with Gasteiger partial charge in [0.1, 0.15) is 6.29 Å². The van der Waals surface area contributed by atoms with Crippen LogP contribution in [-0.4, -0.2) is 16.1 Å². The van der Waals surface area contributed by atoms with Gasteiger partial charge >= 0.3 is 6.55 Å². The average Bonchev–Trinajstić information content (AvgIpc) is 2.78. The van der Waals surface area contributed by atoms with E-state index in [1.807, 2.05) is 0 Å². The van der Waals surface area contributed by atoms with E-state index >= 15 is 0 Å². The van der Waals surface area contributed by atoms with Crippen molar-refractivity contribution in [1.82, 2.24) is 9.78 Å². The Hall–Kier alpha value is -2.04. The lowest BCUT2D eigenvalue weighted by Gasteiger charge is -1.98. The number of halogens is 2. The molecule has 3 nitrogen and oxygen atoms in total. The van der Waals surface area contributed by atoms with Crippen LogP contribution in [0.5, 0.6) is 0 Å². The van der Waals surface area contributed by atoms with Crippen LogP contribution in [0.15, 0.2) is 36.5 Å². The molecule has 0 saturated carbocycles. The molecule has 2 aromatic rings. The Balaban J connectivity index is 2.31. The lowest BCUT2D eigenvalue weighted by atomic mass is 10.1. The second-order valence-corrected chi connectivity index (χ2v) is 3.20. The van der Waals surface area contributed by atoms with E-state index in [2.05, 4.69) is 5.10 Å². The lowest BCUT2D eigenvalue weighted by molar-refractivity contribution is 0.0568. The molecule has 0 saturated heterocycles. The molecular weight excluding hydrogens is 214 g/mol. The van der Waals surface area contributed by atoms with Crippen molar-refractivity contribution in [1.29, 1.82) is 0 Å². The molecule has 0 aliphatic rings. The van der Waals surface area contributed by atoms with Gasteiger partial charge in [0.05, 0.1) is 5.69 Å². The third kappa shape index (κ3) is 1.98. The number of aldehydes is 1. The minimum Gasteiger partial charge on any atom is -0.298 e. The fourth-order valence-corrected chi connectivity index (χ4v) is 1.33. The number of carbonyl (C=O) groups is 1. The molecule has 2 rings (SSSR count). The summed E-state index contributed by atoms with van der Waals surface area (Å²) >= 11 is 0. The van der Waals surface area contributed by atoms with Crippen molar-refractivity contribution in [2.24, 2.45) is 0 Å². The summed E-state index contributed by atoms with van der Waals surface area (Å²) in [6.45, 7) is -2.64. The Morgan fingerprint density at radius 2 is 1.88 bits per heavy atom. The Labute approximate surface area is 90.3 Å². The van der Waals surface area contributed by atoms with E-state index in [9.17, 15) is 13.6 Å². The van der Waals surface area contributed by atoms with Crippen LogP contribution in [-0.2, 0) is 0 Å². The Kier molecular flexibility index (Phi) is 2.76. The number of alkyl halides is 2. The van der Waals surface area contributed by atoms with Crippen LogP contribution < -0.4 is 0 Å². The third-order valence-electron chi connectivity index (χ3n) is 2.15. The smallest absolute Gasteiger partial charge is 0.298 e. The van der Waals surface area contributed by atoms with Crippen molar-refractivity contribution >= 4 is 6.29 Å². The molecule has 0 bridgehead atoms. The van der Waals surface area contributed by atoms with Crippen molar-refractivity contribution in [3.8, 4) is 11.3 Å². The van der Waals surface area contributed by atoms with Crippen molar-refractivity contribution in [3.05, 3.63) is 42.1 Å². The second-order valence-electron chi connectivity index (χ2n) is 3.20. The molecule has 1 heterocycles. The zero-order valence-electron chi connectivity index (χ0n) is 8.18. The molecule has 0 aliphatic carbocycles. The molecule has 0 aliphatic heterocycles. The minimum atomic E-state index is -2.64. The lowest BCUT2D eigenvalue weighted by Crippen LogP contribution is -1.98. The molecule has 5 heteroatoms. The highest BCUT2D eigenvalue weighted by molar-refractivity contribution is 5.76. The second kappa shape index (κ2) is 4.22. The highest BCUT2D eigenvalue weighted by Crippen LogP contribution is 2.19. The fraction of sp³-hybridized carbons (Fsp3) is 0.0909. The van der Waals surface area contributed by atoms with Crippen LogP contribution in [0.25, 0.3) is 11.3 Å². The average molecular weight is 222 g/mol. The topological polar surface area (TPSA) is 34.9 Å². The normalized spacial score (nSPS) is 10.7. The summed E-state index contributed by atoms with van der Waals surface area (Å²) < 4.78 is 25.1. The molecule has 82 valence electrons. The van der Waals surface area contributed by atoms with Gasteiger partial charge in [-0.05, 0) is 6.07 Å². The SMILES string of the molecule is O=Cc1ccc(-c2ccn(C(F)F)n2)cc1. The predicted octanol–water partition coefficient (Wildman–Crippen LogP) is 2.76. The molecule has 0 atom stereocenters. The van der Waals surface area contributed by atoms with Crippen LogP contribution in [0.4, 0.5) is 8.78 Å². The first kappa shape index (κ1) is 10.5. The number of carbonyl (C=O) groups excluding carboxylic acids is 1. The Bertz CT molecular complexity index is 491. The van der Waals surface area contributed by atoms with E-state index in [0.29, 0.717) is 21.5 Å². The first-order chi connectivity index (χ1) is 7.70. The van der Waals surface area contributed by atoms with Crippen molar-refractivity contribution in [2.45, 2.75) is 6.55 Å². The van der Waals surface area contributed by atoms with E-state index < -0.39 is 6.55 Å². The van der Waals surface area contributed by atoms with E-state index in [0.717, 1.165) is 6.29 Å². The van der Waals surface area contributed by atoms with Crippen LogP contribution >= 0.6 is 0 Å². The molecular formula is C11H8F2N2O. The maximum absolute atomic E-state index is 12.3. The predicted molar refractivity (Wildman–Crippen MR) is 54.3 cm³/mol. The monoisotopic (exact) mass is 222 g/mol. The summed E-state index contributed by atoms with van der Waals surface area (Å²) in [4.78, 5) is 10.4. The first-order valence-corrected chi connectivity index (χ1v) is 4.59. The summed E-state index contributed by atoms with van der Waals surface area (Å²) in [7, 11) is 0. The van der Waals surface area contributed by atoms with Gasteiger partial charge in [-0.2, -0.15) is 13.9 Å². The highest BCUT2D eigenvalue weighted by atomic mass is 19.3. The molecule has 1 aromatic carbocycles. The summed E-state index contributed by atoms with van der Waals surface area (Å²) in [5.74, 6) is 0. The Morgan fingerprint density at radius 3 is 2.38 bits per heavy atom. The Morgan fingerprint density at radius 1 is 1.19 bits per heavy atom. The molecule has 0 amide bonds. The van der Waals surface area contributed by atoms with Gasteiger partial charge in [0.15, 0.2) is 0 Å². The van der Waals surface area contributed by atoms with Gasteiger partial charge in [-0.3, -0.25) is 4.79 Å². The molecule has 16 heavy (non-hydrogen) atoms. The van der Waals surface area contributed by atoms with Gasteiger partial charge < -0.3 is 0 Å². The minimum absolute atomic E-state index is 0.456. The van der Waals surface area contributed by atoms with Crippen molar-refractivity contribution < 1.29 is 13.6 Å². The number of hydrogen-bond acceptors (Lipinski definition) is 2. The van der Waals surface area contributed by atoms with Crippen LogP contribution in [0.3, 0.4) is 0 Å². The van der Waals surface area contributed by atoms with Crippen molar-refractivity contribution in [2.75, 3.05) is 0 Å². The summed E-state index contributed by atoms with van der Waals surface area (Å²) in [5.41, 5.74) is 1.69. The van der Waals surface area contributed by atoms with E-state index in [4.69, 9.17) is 0 Å². The highest BCUT2D eigenvalue weighted by Gasteiger charge is 2.08. The van der Waals surface area contributed by atoms with Gasteiger partial charge in [0, 0.05) is 17.3 Å². The maximum Gasteiger partial charge on any atom is 0.333 e. The van der Waals surface area contributed by atoms with Gasteiger partial charge in [0.25, 0.3) is 0 Å². The largest absolute Gasteiger partial charge is 0.333 e. The zero-order chi connectivity index (χ0) is 11.5. The number of benzene rings is 1. The fourth-order valence-electron chi connectivity index (χ4n) is 1.33. The van der Waals surface area contributed by atoms with Gasteiger partial charge in [-0.15, -0.1) is 0 Å². The third-order valence-corrected chi connectivity index (χ3v) is 2.15. The summed E-state index contributed by atoms with van der Waals surface area (Å²) in [5, 5.41) is 3.71. The molecule has 0 radical (unpaired) electrons. The number of rotatable bonds is 3. The van der Waals surface area contributed by atoms with E-state index in [-0.39, 0.29) is 0 Å². The quantitative estimate of drug-likeness (QED) is 0.748. The number of nitrogens with zero attached hydrogens (tertiary/aromatic N) is 2. The molecule has 1 aromatic heterocycles. The molecule has 0 spiro atoms. The van der Waals surface area contributed by atoms with E-state index in [1.165, 1.54) is 12.3 Å². The summed E-state index contributed by atoms with van der Waals surface area (Å²) in [6, 6.07) is 8.07. The van der Waals surface area contributed by atoms with Gasteiger partial charge in [0.2, 0.25) is 0 Å². The van der Waals surface area contributed by atoms with Gasteiger partial charge in [-0.25, -0.2) is 4.68 Å². The maximum atomic E-state index is 12.3. The first-order valence-electron chi connectivity index (χ1n) is 4.59. The number of aromatic nitrogens is 2. The van der Waals surface area contributed by atoms with Crippen LogP contribution in [0, 0.1) is 0 Å². The van der Waals surface area contributed by atoms with Crippen LogP contribution in [0.1, 0.15) is 16.9 Å². The zero-order valence-corrected chi connectivity index (χ0v) is 8.18. The molecule has 0 unspecified atom stereocenters. The number of hydrogen-bond donors (Lipinski definition) is 0.